The number of rotatable bonds is 4. The molecule has 0 radical (unpaired) electrons. The smallest absolute Gasteiger partial charge is 0.333 e. The summed E-state index contributed by atoms with van der Waals surface area (Å²) in [5.74, 6) is -1.41. The van der Waals surface area contributed by atoms with Crippen LogP contribution in [0.4, 0.5) is 0 Å². The first kappa shape index (κ1) is 21.0. The normalized spacial score (nSPS) is 43.2. The average Bonchev–Trinajstić information content (AvgIpc) is 3.02. The van der Waals surface area contributed by atoms with Crippen LogP contribution in [0.15, 0.2) is 11.6 Å². The first-order valence-electron chi connectivity index (χ1n) is 10.4. The lowest BCUT2D eigenvalue weighted by Crippen LogP contribution is -2.51. The van der Waals surface area contributed by atoms with Gasteiger partial charge < -0.3 is 14.2 Å². The summed E-state index contributed by atoms with van der Waals surface area (Å²) in [7, 11) is 0. The summed E-state index contributed by atoms with van der Waals surface area (Å²) >= 11 is 0. The fraction of sp³-hybridized carbons (Fsp3) is 0.773. The van der Waals surface area contributed by atoms with Gasteiger partial charge in [0.25, 0.3) is 0 Å². The Hall–Kier alpha value is -1.69. The number of fused-ring (bicyclic) bond motifs is 2. The monoisotopic (exact) mass is 392 g/mol. The molecular formula is C22H32O6. The minimum absolute atomic E-state index is 0.0472. The van der Waals surface area contributed by atoms with Crippen molar-refractivity contribution < 1.29 is 28.6 Å². The molecule has 0 N–H and O–H groups in total. The molecule has 0 bridgehead atoms. The minimum Gasteiger partial charge on any atom is -0.462 e. The van der Waals surface area contributed by atoms with E-state index in [0.717, 1.165) is 0 Å². The Bertz CT molecular complexity index is 697. The Labute approximate surface area is 167 Å². The molecule has 0 unspecified atom stereocenters. The average molecular weight is 392 g/mol. The molecule has 8 atom stereocenters. The lowest BCUT2D eigenvalue weighted by atomic mass is 9.66. The fourth-order valence-corrected chi connectivity index (χ4v) is 5.70. The summed E-state index contributed by atoms with van der Waals surface area (Å²) in [6, 6.07) is 0. The second-order valence-corrected chi connectivity index (χ2v) is 8.78. The number of Topliss-reactive ketones (excluding diaryl/α,β-unsaturated/α-hetero) is 1. The quantitative estimate of drug-likeness (QED) is 0.540. The lowest BCUT2D eigenvalue weighted by Gasteiger charge is -2.41. The maximum absolute atomic E-state index is 13.3. The lowest BCUT2D eigenvalue weighted by molar-refractivity contribution is -0.165. The highest BCUT2D eigenvalue weighted by Gasteiger charge is 2.66. The summed E-state index contributed by atoms with van der Waals surface area (Å²) in [5, 5.41) is 0. The van der Waals surface area contributed by atoms with Gasteiger partial charge in [-0.1, -0.05) is 19.9 Å². The van der Waals surface area contributed by atoms with E-state index in [1.807, 2.05) is 20.8 Å². The van der Waals surface area contributed by atoms with Crippen molar-refractivity contribution in [2.45, 2.75) is 72.7 Å². The molecule has 0 amide bonds. The van der Waals surface area contributed by atoms with Gasteiger partial charge in [-0.25, -0.2) is 4.79 Å². The van der Waals surface area contributed by atoms with Gasteiger partial charge in [0.1, 0.15) is 18.0 Å². The SMILES string of the molecule is C/C=C(/C)C(=O)O[C@H]1[C@@H]2[C@H](C)C(=O)O[C@@H]2C[C@@H](C)[C@@H]2[C@H](OCC)CC(=O)[C@]21C. The largest absolute Gasteiger partial charge is 0.462 e. The van der Waals surface area contributed by atoms with Gasteiger partial charge in [-0.05, 0) is 40.0 Å². The van der Waals surface area contributed by atoms with Crippen LogP contribution < -0.4 is 0 Å². The highest BCUT2D eigenvalue weighted by molar-refractivity contribution is 5.91. The molecule has 28 heavy (non-hydrogen) atoms. The van der Waals surface area contributed by atoms with Gasteiger partial charge in [-0.15, -0.1) is 0 Å². The predicted molar refractivity (Wildman–Crippen MR) is 102 cm³/mol. The van der Waals surface area contributed by atoms with Crippen LogP contribution in [0.25, 0.3) is 0 Å². The number of ketones is 1. The van der Waals surface area contributed by atoms with Crippen molar-refractivity contribution in [3.05, 3.63) is 11.6 Å². The highest BCUT2D eigenvalue weighted by atomic mass is 16.6. The molecule has 1 saturated heterocycles. The second kappa shape index (κ2) is 7.62. The number of hydrogen-bond acceptors (Lipinski definition) is 6. The molecule has 0 aromatic carbocycles. The van der Waals surface area contributed by atoms with Gasteiger partial charge in [0.05, 0.1) is 17.4 Å². The molecule has 0 spiro atoms. The number of ether oxygens (including phenoxy) is 3. The number of carbonyl (C=O) groups excluding carboxylic acids is 3. The van der Waals surface area contributed by atoms with E-state index < -0.39 is 23.4 Å². The Morgan fingerprint density at radius 3 is 2.61 bits per heavy atom. The first-order chi connectivity index (χ1) is 13.2. The van der Waals surface area contributed by atoms with E-state index in [9.17, 15) is 14.4 Å². The van der Waals surface area contributed by atoms with Crippen LogP contribution in [0, 0.1) is 29.1 Å². The van der Waals surface area contributed by atoms with E-state index in [2.05, 4.69) is 6.92 Å². The van der Waals surface area contributed by atoms with Gasteiger partial charge in [0, 0.05) is 30.4 Å². The summed E-state index contributed by atoms with van der Waals surface area (Å²) in [4.78, 5) is 38.4. The van der Waals surface area contributed by atoms with Crippen molar-refractivity contribution in [3.63, 3.8) is 0 Å². The molecule has 2 aliphatic carbocycles. The maximum Gasteiger partial charge on any atom is 0.333 e. The third kappa shape index (κ3) is 3.10. The van der Waals surface area contributed by atoms with Gasteiger partial charge in [-0.3, -0.25) is 9.59 Å². The van der Waals surface area contributed by atoms with E-state index in [4.69, 9.17) is 14.2 Å². The molecule has 2 saturated carbocycles. The van der Waals surface area contributed by atoms with Gasteiger partial charge in [0.15, 0.2) is 0 Å². The Balaban J connectivity index is 2.09. The Kier molecular flexibility index (Phi) is 5.72. The van der Waals surface area contributed by atoms with Crippen molar-refractivity contribution in [1.29, 1.82) is 0 Å². The van der Waals surface area contributed by atoms with Crippen LogP contribution in [-0.2, 0) is 28.6 Å². The zero-order valence-electron chi connectivity index (χ0n) is 17.7. The van der Waals surface area contributed by atoms with Crippen LogP contribution in [-0.4, -0.2) is 42.6 Å². The molecule has 3 fully saturated rings. The predicted octanol–water partition coefficient (Wildman–Crippen LogP) is 3.08. The Morgan fingerprint density at radius 2 is 2.00 bits per heavy atom. The molecule has 0 aromatic rings. The highest BCUT2D eigenvalue weighted by Crippen LogP contribution is 2.57. The topological polar surface area (TPSA) is 78.9 Å². The van der Waals surface area contributed by atoms with Crippen LogP contribution in [0.5, 0.6) is 0 Å². The number of carbonyl (C=O) groups is 3. The Morgan fingerprint density at radius 1 is 1.32 bits per heavy atom. The van der Waals surface area contributed by atoms with Gasteiger partial charge in [0.2, 0.25) is 0 Å². The van der Waals surface area contributed by atoms with Crippen molar-refractivity contribution >= 4 is 17.7 Å². The molecule has 1 aliphatic heterocycles. The summed E-state index contributed by atoms with van der Waals surface area (Å²) in [6.45, 7) is 11.7. The number of allylic oxidation sites excluding steroid dienone is 1. The summed E-state index contributed by atoms with van der Waals surface area (Å²) < 4.78 is 17.6. The third-order valence-corrected chi connectivity index (χ3v) is 7.25. The molecule has 3 aliphatic rings. The molecule has 3 rings (SSSR count). The van der Waals surface area contributed by atoms with Crippen molar-refractivity contribution in [2.24, 2.45) is 29.1 Å². The molecular weight excluding hydrogens is 360 g/mol. The van der Waals surface area contributed by atoms with Crippen molar-refractivity contribution in [2.75, 3.05) is 6.61 Å². The zero-order chi connectivity index (χ0) is 20.8. The van der Waals surface area contributed by atoms with Crippen LogP contribution >= 0.6 is 0 Å². The van der Waals surface area contributed by atoms with E-state index >= 15 is 0 Å². The maximum atomic E-state index is 13.3. The first-order valence-corrected chi connectivity index (χ1v) is 10.4. The second-order valence-electron chi connectivity index (χ2n) is 8.78. The molecule has 0 aromatic heterocycles. The molecule has 6 heteroatoms. The third-order valence-electron chi connectivity index (χ3n) is 7.25. The number of hydrogen-bond donors (Lipinski definition) is 0. The van der Waals surface area contributed by atoms with Crippen LogP contribution in [0.3, 0.4) is 0 Å². The van der Waals surface area contributed by atoms with E-state index in [1.165, 1.54) is 0 Å². The van der Waals surface area contributed by atoms with Crippen molar-refractivity contribution in [1.82, 2.24) is 0 Å². The van der Waals surface area contributed by atoms with Gasteiger partial charge in [-0.2, -0.15) is 0 Å². The van der Waals surface area contributed by atoms with Crippen LogP contribution in [0.1, 0.15) is 54.4 Å². The van der Waals surface area contributed by atoms with Crippen LogP contribution in [0.2, 0.25) is 0 Å². The van der Waals surface area contributed by atoms with E-state index in [1.54, 1.807) is 19.9 Å². The standard InChI is InChI=1S/C22H32O6/c1-7-11(3)20(24)28-19-17-13(5)21(25)27-14(17)9-12(4)18-15(26-8-2)10-16(23)22(18,19)6/h7,12-15,17-19H,8-10H2,1-6H3/b11-7-/t12-,13+,14-,15-,17-,18-,19+,22-/m1/s1. The summed E-state index contributed by atoms with van der Waals surface area (Å²) in [6.07, 6.45) is 1.39. The fourth-order valence-electron chi connectivity index (χ4n) is 5.70. The van der Waals surface area contributed by atoms with Gasteiger partial charge >= 0.3 is 11.9 Å². The van der Waals surface area contributed by atoms with E-state index in [0.29, 0.717) is 25.0 Å². The van der Waals surface area contributed by atoms with Crippen molar-refractivity contribution in [3.8, 4) is 0 Å². The minimum atomic E-state index is -0.898. The summed E-state index contributed by atoms with van der Waals surface area (Å²) in [5.41, 5.74) is -0.413. The number of esters is 2. The molecule has 156 valence electrons. The van der Waals surface area contributed by atoms with E-state index in [-0.39, 0.29) is 41.7 Å². The zero-order valence-corrected chi connectivity index (χ0v) is 17.7. The molecule has 6 nitrogen and oxygen atoms in total. The molecule has 1 heterocycles.